The average molecular weight is 221 g/mol. The molecule has 0 atom stereocenters. The molecule has 14 heavy (non-hydrogen) atoms. The molecule has 0 aliphatic rings. The van der Waals surface area contributed by atoms with E-state index in [4.69, 9.17) is 5.73 Å². The molecular formula is C8H13F2N3S. The highest BCUT2D eigenvalue weighted by atomic mass is 32.1. The largest absolute Gasteiger partial charge is 0.325 e. The van der Waals surface area contributed by atoms with E-state index in [1.54, 1.807) is 12.6 Å². The summed E-state index contributed by atoms with van der Waals surface area (Å²) in [6.45, 7) is -0.519. The number of rotatable bonds is 5. The minimum atomic E-state index is -2.81. The van der Waals surface area contributed by atoms with Gasteiger partial charge in [0.1, 0.15) is 0 Å². The van der Waals surface area contributed by atoms with Gasteiger partial charge in [0.15, 0.2) is 0 Å². The Morgan fingerprint density at radius 1 is 1.64 bits per heavy atom. The van der Waals surface area contributed by atoms with Gasteiger partial charge in [-0.05, 0) is 7.05 Å². The maximum absolute atomic E-state index is 12.8. The summed E-state index contributed by atoms with van der Waals surface area (Å²) in [5.41, 5.74) is 7.43. The maximum atomic E-state index is 12.8. The van der Waals surface area contributed by atoms with Crippen LogP contribution < -0.4 is 5.73 Å². The smallest absolute Gasteiger partial charge is 0.272 e. The molecule has 1 rings (SSSR count). The Balaban J connectivity index is 2.40. The van der Waals surface area contributed by atoms with Gasteiger partial charge in [0, 0.05) is 11.9 Å². The van der Waals surface area contributed by atoms with Gasteiger partial charge in [-0.2, -0.15) is 0 Å². The summed E-state index contributed by atoms with van der Waals surface area (Å²) in [6, 6.07) is 0. The molecule has 0 aliphatic heterocycles. The van der Waals surface area contributed by atoms with Crippen LogP contribution in [0.5, 0.6) is 0 Å². The first-order chi connectivity index (χ1) is 6.53. The van der Waals surface area contributed by atoms with Gasteiger partial charge in [-0.3, -0.25) is 4.90 Å². The van der Waals surface area contributed by atoms with Crippen molar-refractivity contribution < 1.29 is 8.78 Å². The van der Waals surface area contributed by atoms with Crippen LogP contribution in [0.4, 0.5) is 8.78 Å². The van der Waals surface area contributed by atoms with Crippen molar-refractivity contribution in [3.63, 3.8) is 0 Å². The van der Waals surface area contributed by atoms with E-state index in [1.165, 1.54) is 16.2 Å². The first kappa shape index (κ1) is 11.5. The third-order valence-electron chi connectivity index (χ3n) is 1.72. The zero-order valence-electron chi connectivity index (χ0n) is 7.91. The molecule has 0 aliphatic carbocycles. The maximum Gasteiger partial charge on any atom is 0.272 e. The van der Waals surface area contributed by atoms with Crippen LogP contribution in [-0.4, -0.2) is 35.9 Å². The van der Waals surface area contributed by atoms with E-state index in [9.17, 15) is 8.78 Å². The van der Waals surface area contributed by atoms with Crippen LogP contribution in [0.25, 0.3) is 0 Å². The number of hydrogen-bond donors (Lipinski definition) is 1. The molecule has 0 fully saturated rings. The fourth-order valence-corrected chi connectivity index (χ4v) is 1.66. The lowest BCUT2D eigenvalue weighted by Crippen LogP contribution is -2.39. The Hall–Kier alpha value is -0.590. The Bertz CT molecular complexity index is 264. The van der Waals surface area contributed by atoms with Crippen molar-refractivity contribution in [2.45, 2.75) is 12.5 Å². The molecule has 0 unspecified atom stereocenters. The van der Waals surface area contributed by atoms with Crippen LogP contribution in [-0.2, 0) is 6.54 Å². The Kier molecular flexibility index (Phi) is 3.91. The topological polar surface area (TPSA) is 42.2 Å². The molecule has 0 radical (unpaired) electrons. The van der Waals surface area contributed by atoms with E-state index in [2.05, 4.69) is 4.98 Å². The molecule has 6 heteroatoms. The number of nitrogens with two attached hydrogens (primary N) is 1. The van der Waals surface area contributed by atoms with Crippen molar-refractivity contribution in [2.24, 2.45) is 5.73 Å². The lowest BCUT2D eigenvalue weighted by atomic mass is 10.3. The Labute approximate surface area is 85.5 Å². The van der Waals surface area contributed by atoms with Crippen molar-refractivity contribution in [1.82, 2.24) is 9.88 Å². The second-order valence-electron chi connectivity index (χ2n) is 3.21. The molecule has 0 saturated heterocycles. The number of thiazole rings is 1. The van der Waals surface area contributed by atoms with Gasteiger partial charge in [-0.25, -0.2) is 13.8 Å². The first-order valence-electron chi connectivity index (χ1n) is 4.17. The van der Waals surface area contributed by atoms with E-state index in [-0.39, 0.29) is 6.54 Å². The van der Waals surface area contributed by atoms with Crippen LogP contribution in [0.2, 0.25) is 0 Å². The van der Waals surface area contributed by atoms with E-state index in [0.717, 1.165) is 5.69 Å². The van der Waals surface area contributed by atoms with Crippen molar-refractivity contribution in [1.29, 1.82) is 0 Å². The summed E-state index contributed by atoms with van der Waals surface area (Å²) in [7, 11) is 1.63. The predicted octanol–water partition coefficient (Wildman–Crippen LogP) is 1.17. The number of alkyl halides is 2. The average Bonchev–Trinajstić information content (AvgIpc) is 2.55. The van der Waals surface area contributed by atoms with Gasteiger partial charge >= 0.3 is 0 Å². The highest BCUT2D eigenvalue weighted by Crippen LogP contribution is 2.14. The standard InChI is InChI=1S/C8H13F2N3S/c1-13(5-8(9,10)4-11)2-7-3-14-6-12-7/h3,6H,2,4-5,11H2,1H3. The van der Waals surface area contributed by atoms with Crippen molar-refractivity contribution in [2.75, 3.05) is 20.1 Å². The van der Waals surface area contributed by atoms with E-state index in [0.29, 0.717) is 6.54 Å². The summed E-state index contributed by atoms with van der Waals surface area (Å²) in [5, 5.41) is 1.84. The molecule has 0 amide bonds. The first-order valence-corrected chi connectivity index (χ1v) is 5.11. The van der Waals surface area contributed by atoms with E-state index >= 15 is 0 Å². The number of hydrogen-bond acceptors (Lipinski definition) is 4. The van der Waals surface area contributed by atoms with Gasteiger partial charge < -0.3 is 5.73 Å². The highest BCUT2D eigenvalue weighted by Gasteiger charge is 2.28. The second kappa shape index (κ2) is 4.77. The van der Waals surface area contributed by atoms with Gasteiger partial charge in [0.25, 0.3) is 5.92 Å². The Morgan fingerprint density at radius 3 is 2.86 bits per heavy atom. The summed E-state index contributed by atoms with van der Waals surface area (Å²) in [5.74, 6) is -2.81. The van der Waals surface area contributed by atoms with Crippen molar-refractivity contribution in [3.8, 4) is 0 Å². The minimum Gasteiger partial charge on any atom is -0.325 e. The predicted molar refractivity (Wildman–Crippen MR) is 52.4 cm³/mol. The number of nitrogens with zero attached hydrogens (tertiary/aromatic N) is 2. The number of halogens is 2. The Morgan fingerprint density at radius 2 is 2.36 bits per heavy atom. The number of aromatic nitrogens is 1. The quantitative estimate of drug-likeness (QED) is 0.811. The molecule has 0 bridgehead atoms. The van der Waals surface area contributed by atoms with Crippen molar-refractivity contribution >= 4 is 11.3 Å². The molecule has 0 spiro atoms. The molecule has 1 aromatic rings. The third kappa shape index (κ3) is 3.65. The summed E-state index contributed by atoms with van der Waals surface area (Å²) in [4.78, 5) is 5.53. The van der Waals surface area contributed by atoms with Gasteiger partial charge in [-0.15, -0.1) is 11.3 Å². The minimum absolute atomic E-state index is 0.332. The molecular weight excluding hydrogens is 208 g/mol. The molecule has 2 N–H and O–H groups in total. The van der Waals surface area contributed by atoms with Crippen LogP contribution in [0.3, 0.4) is 0 Å². The molecule has 0 saturated carbocycles. The van der Waals surface area contributed by atoms with E-state index in [1.807, 2.05) is 5.38 Å². The summed E-state index contributed by atoms with van der Waals surface area (Å²) in [6.07, 6.45) is 0. The third-order valence-corrected chi connectivity index (χ3v) is 2.35. The fraction of sp³-hybridized carbons (Fsp3) is 0.625. The lowest BCUT2D eigenvalue weighted by molar-refractivity contribution is -0.0193. The SMILES string of the molecule is CN(Cc1cscn1)CC(F)(F)CN. The van der Waals surface area contributed by atoms with Gasteiger partial charge in [0.2, 0.25) is 0 Å². The fourth-order valence-electron chi connectivity index (χ4n) is 1.11. The zero-order chi connectivity index (χ0) is 10.6. The molecule has 1 aromatic heterocycles. The summed E-state index contributed by atoms with van der Waals surface area (Å²) >= 11 is 1.46. The van der Waals surface area contributed by atoms with Crippen LogP contribution in [0.1, 0.15) is 5.69 Å². The van der Waals surface area contributed by atoms with Gasteiger partial charge in [-0.1, -0.05) is 0 Å². The van der Waals surface area contributed by atoms with Crippen LogP contribution in [0, 0.1) is 0 Å². The monoisotopic (exact) mass is 221 g/mol. The normalized spacial score (nSPS) is 12.4. The van der Waals surface area contributed by atoms with E-state index < -0.39 is 12.5 Å². The molecule has 80 valence electrons. The van der Waals surface area contributed by atoms with Gasteiger partial charge in [0.05, 0.1) is 24.3 Å². The molecule has 0 aromatic carbocycles. The lowest BCUT2D eigenvalue weighted by Gasteiger charge is -2.21. The summed E-state index contributed by atoms with van der Waals surface area (Å²) < 4.78 is 25.7. The second-order valence-corrected chi connectivity index (χ2v) is 3.93. The molecule has 3 nitrogen and oxygen atoms in total. The van der Waals surface area contributed by atoms with Crippen molar-refractivity contribution in [3.05, 3.63) is 16.6 Å². The van der Waals surface area contributed by atoms with Crippen LogP contribution >= 0.6 is 11.3 Å². The van der Waals surface area contributed by atoms with Crippen LogP contribution in [0.15, 0.2) is 10.9 Å². The highest BCUT2D eigenvalue weighted by molar-refractivity contribution is 7.07. The zero-order valence-corrected chi connectivity index (χ0v) is 8.73. The molecule has 1 heterocycles.